The van der Waals surface area contributed by atoms with Gasteiger partial charge in [0.2, 0.25) is 0 Å². The highest BCUT2D eigenvalue weighted by molar-refractivity contribution is 9.08. The van der Waals surface area contributed by atoms with E-state index in [9.17, 15) is 0 Å². The Balaban J connectivity index is 1.92. The van der Waals surface area contributed by atoms with E-state index < -0.39 is 0 Å². The summed E-state index contributed by atoms with van der Waals surface area (Å²) in [6, 6.07) is 4.00. The molecule has 7 heteroatoms. The van der Waals surface area contributed by atoms with Gasteiger partial charge in [0.1, 0.15) is 0 Å². The second-order valence-corrected chi connectivity index (χ2v) is 7.37. The minimum atomic E-state index is 0.787. The normalized spacial score (nSPS) is 11.3. The van der Waals surface area contributed by atoms with E-state index in [1.54, 1.807) is 22.7 Å². The summed E-state index contributed by atoms with van der Waals surface area (Å²) in [7, 11) is 2.06. The molecule has 0 saturated heterocycles. The van der Waals surface area contributed by atoms with Gasteiger partial charge in [0.05, 0.1) is 16.6 Å². The first-order chi connectivity index (χ1) is 9.19. The van der Waals surface area contributed by atoms with Gasteiger partial charge in [-0.25, -0.2) is 4.98 Å². The summed E-state index contributed by atoms with van der Waals surface area (Å²) in [6.07, 6.45) is 2.06. The summed E-state index contributed by atoms with van der Waals surface area (Å²) in [4.78, 5) is 9.13. The molecule has 0 N–H and O–H groups in total. The molecule has 3 nitrogen and oxygen atoms in total. The number of fused-ring (bicyclic) bond motifs is 1. The van der Waals surface area contributed by atoms with Crippen LogP contribution in [0, 0.1) is 0 Å². The van der Waals surface area contributed by atoms with Gasteiger partial charge in [-0.2, -0.15) is 0 Å². The van der Waals surface area contributed by atoms with Gasteiger partial charge in [0, 0.05) is 28.8 Å². The van der Waals surface area contributed by atoms with Crippen LogP contribution < -0.4 is 4.90 Å². The molecule has 0 atom stereocenters. The van der Waals surface area contributed by atoms with Crippen molar-refractivity contribution in [3.63, 3.8) is 0 Å². The molecular formula is C12H11BrClN3S2. The Morgan fingerprint density at radius 2 is 2.32 bits per heavy atom. The average molecular weight is 377 g/mol. The van der Waals surface area contributed by atoms with Crippen LogP contribution in [0.3, 0.4) is 0 Å². The lowest BCUT2D eigenvalue weighted by Crippen LogP contribution is -2.17. The number of anilines is 1. The SMILES string of the molecule is CN(Cc1ccc(Cl)s1)c1nc2sccn2c1CBr. The number of aromatic nitrogens is 2. The topological polar surface area (TPSA) is 20.5 Å². The Kier molecular flexibility index (Phi) is 3.84. The van der Waals surface area contributed by atoms with Gasteiger partial charge in [0.25, 0.3) is 0 Å². The lowest BCUT2D eigenvalue weighted by atomic mass is 10.4. The zero-order valence-corrected chi connectivity index (χ0v) is 14.1. The van der Waals surface area contributed by atoms with E-state index in [4.69, 9.17) is 16.6 Å². The number of thiazole rings is 1. The largest absolute Gasteiger partial charge is 0.353 e. The molecule has 19 heavy (non-hydrogen) atoms. The number of rotatable bonds is 4. The summed E-state index contributed by atoms with van der Waals surface area (Å²) in [6.45, 7) is 0.822. The highest BCUT2D eigenvalue weighted by Crippen LogP contribution is 2.28. The third-order valence-electron chi connectivity index (χ3n) is 2.85. The lowest BCUT2D eigenvalue weighted by Gasteiger charge is -2.16. The first kappa shape index (κ1) is 13.4. The molecule has 0 saturated carbocycles. The summed E-state index contributed by atoms with van der Waals surface area (Å²) in [5.74, 6) is 1.02. The van der Waals surface area contributed by atoms with Crippen molar-refractivity contribution in [2.75, 3.05) is 11.9 Å². The van der Waals surface area contributed by atoms with Gasteiger partial charge in [0.15, 0.2) is 10.8 Å². The Labute approximate surface area is 132 Å². The van der Waals surface area contributed by atoms with E-state index in [0.717, 1.165) is 27.0 Å². The highest BCUT2D eigenvalue weighted by Gasteiger charge is 2.16. The van der Waals surface area contributed by atoms with Crippen molar-refractivity contribution >= 4 is 61.0 Å². The van der Waals surface area contributed by atoms with Crippen LogP contribution in [-0.4, -0.2) is 16.4 Å². The maximum atomic E-state index is 5.97. The third kappa shape index (κ3) is 2.54. The zero-order valence-electron chi connectivity index (χ0n) is 10.1. The Morgan fingerprint density at radius 3 is 3.00 bits per heavy atom. The average Bonchev–Trinajstić information content (AvgIpc) is 3.03. The molecular weight excluding hydrogens is 366 g/mol. The van der Waals surface area contributed by atoms with Crippen molar-refractivity contribution < 1.29 is 0 Å². The third-order valence-corrected chi connectivity index (χ3v) is 5.35. The van der Waals surface area contributed by atoms with E-state index >= 15 is 0 Å². The van der Waals surface area contributed by atoms with E-state index in [-0.39, 0.29) is 0 Å². The van der Waals surface area contributed by atoms with Crippen LogP contribution in [0.15, 0.2) is 23.7 Å². The van der Waals surface area contributed by atoms with Crippen LogP contribution in [0.2, 0.25) is 4.34 Å². The van der Waals surface area contributed by atoms with Gasteiger partial charge < -0.3 is 4.90 Å². The molecule has 0 aliphatic heterocycles. The first-order valence-corrected chi connectivity index (χ1v) is 8.84. The van der Waals surface area contributed by atoms with Gasteiger partial charge in [-0.15, -0.1) is 22.7 Å². The van der Waals surface area contributed by atoms with Crippen molar-refractivity contribution in [2.24, 2.45) is 0 Å². The van der Waals surface area contributed by atoms with Crippen LogP contribution in [0.4, 0.5) is 5.82 Å². The number of halogens is 2. The van der Waals surface area contributed by atoms with Crippen molar-refractivity contribution in [2.45, 2.75) is 11.9 Å². The zero-order chi connectivity index (χ0) is 13.4. The lowest BCUT2D eigenvalue weighted by molar-refractivity contribution is 0.909. The quantitative estimate of drug-likeness (QED) is 0.618. The maximum Gasteiger partial charge on any atom is 0.195 e. The molecule has 0 fully saturated rings. The van der Waals surface area contributed by atoms with Gasteiger partial charge in [-0.1, -0.05) is 27.5 Å². The molecule has 100 valence electrons. The number of thiophene rings is 1. The molecule has 3 aromatic rings. The van der Waals surface area contributed by atoms with E-state index in [1.165, 1.54) is 10.6 Å². The molecule has 0 aliphatic carbocycles. The molecule has 0 bridgehead atoms. The minimum Gasteiger partial charge on any atom is -0.353 e. The molecule has 0 spiro atoms. The maximum absolute atomic E-state index is 5.97. The van der Waals surface area contributed by atoms with Crippen molar-refractivity contribution in [3.8, 4) is 0 Å². The van der Waals surface area contributed by atoms with Crippen molar-refractivity contribution in [1.82, 2.24) is 9.38 Å². The Morgan fingerprint density at radius 1 is 1.47 bits per heavy atom. The summed E-state index contributed by atoms with van der Waals surface area (Å²) >= 11 is 12.8. The number of hydrogen-bond donors (Lipinski definition) is 0. The monoisotopic (exact) mass is 375 g/mol. The molecule has 0 aliphatic rings. The number of hydrogen-bond acceptors (Lipinski definition) is 4. The predicted octanol–water partition coefficient (Wildman–Crippen LogP) is 4.64. The van der Waals surface area contributed by atoms with Crippen LogP contribution in [0.1, 0.15) is 10.6 Å². The van der Waals surface area contributed by atoms with Crippen LogP contribution in [-0.2, 0) is 11.9 Å². The summed E-state index contributed by atoms with van der Waals surface area (Å²) in [5, 5.41) is 2.84. The fourth-order valence-corrected chi connectivity index (χ4v) is 4.39. The number of nitrogens with zero attached hydrogens (tertiary/aromatic N) is 3. The predicted molar refractivity (Wildman–Crippen MR) is 87.1 cm³/mol. The molecule has 3 rings (SSSR count). The van der Waals surface area contributed by atoms with Crippen LogP contribution >= 0.6 is 50.2 Å². The van der Waals surface area contributed by atoms with Gasteiger partial charge in [-0.05, 0) is 12.1 Å². The Bertz CT molecular complexity index is 703. The summed E-state index contributed by atoms with van der Waals surface area (Å²) < 4.78 is 2.96. The minimum absolute atomic E-state index is 0.787. The van der Waals surface area contributed by atoms with Crippen LogP contribution in [0.25, 0.3) is 4.96 Å². The molecule has 0 amide bonds. The fraction of sp³-hybridized carbons (Fsp3) is 0.250. The van der Waals surface area contributed by atoms with Gasteiger partial charge in [-0.3, -0.25) is 4.40 Å². The van der Waals surface area contributed by atoms with Crippen molar-refractivity contribution in [1.29, 1.82) is 0 Å². The second kappa shape index (κ2) is 5.44. The molecule has 0 radical (unpaired) electrons. The number of alkyl halides is 1. The van der Waals surface area contributed by atoms with E-state index in [0.29, 0.717) is 0 Å². The van der Waals surface area contributed by atoms with E-state index in [1.807, 2.05) is 6.07 Å². The molecule has 3 aromatic heterocycles. The van der Waals surface area contributed by atoms with E-state index in [2.05, 4.69) is 49.9 Å². The molecule has 3 heterocycles. The standard InChI is InChI=1S/C12H11BrClN3S2/c1-16(7-8-2-3-10(14)19-8)11-9(6-13)17-4-5-18-12(17)15-11/h2-5H,6-7H2,1H3. The van der Waals surface area contributed by atoms with Crippen molar-refractivity contribution in [3.05, 3.63) is 38.6 Å². The summed E-state index contributed by atoms with van der Waals surface area (Å²) in [5.41, 5.74) is 1.18. The molecule has 0 aromatic carbocycles. The second-order valence-electron chi connectivity index (χ2n) is 4.13. The highest BCUT2D eigenvalue weighted by atomic mass is 79.9. The van der Waals surface area contributed by atoms with Crippen LogP contribution in [0.5, 0.6) is 0 Å². The fourth-order valence-electron chi connectivity index (χ4n) is 2.00. The Hall–Kier alpha value is -0.560. The smallest absolute Gasteiger partial charge is 0.195 e. The molecule has 0 unspecified atom stereocenters. The van der Waals surface area contributed by atoms with Gasteiger partial charge >= 0.3 is 0 Å². The first-order valence-electron chi connectivity index (χ1n) is 5.65. The number of imidazole rings is 1.